The summed E-state index contributed by atoms with van der Waals surface area (Å²) in [5.74, 6) is 0.856. The minimum atomic E-state index is 0.169. The van der Waals surface area contributed by atoms with Gasteiger partial charge >= 0.3 is 0 Å². The smallest absolute Gasteiger partial charge is 0.148 e. The molecule has 0 saturated carbocycles. The molecule has 2 heterocycles. The topological polar surface area (TPSA) is 38.0 Å². The molecule has 0 fully saturated rings. The van der Waals surface area contributed by atoms with Crippen molar-refractivity contribution in [3.05, 3.63) is 66.0 Å². The van der Waals surface area contributed by atoms with Crippen LogP contribution < -0.4 is 0 Å². The third kappa shape index (κ3) is 3.37. The van der Waals surface area contributed by atoms with E-state index in [1.807, 2.05) is 26.0 Å². The molecular formula is C22H22N2OS2. The minimum Gasteiger partial charge on any atom is -0.427 e. The van der Waals surface area contributed by atoms with E-state index in [0.717, 1.165) is 16.6 Å². The van der Waals surface area contributed by atoms with Crippen LogP contribution in [0.5, 0.6) is 0 Å². The summed E-state index contributed by atoms with van der Waals surface area (Å²) >= 11 is 6.24. The van der Waals surface area contributed by atoms with E-state index in [9.17, 15) is 5.21 Å². The van der Waals surface area contributed by atoms with E-state index in [4.69, 9.17) is 0 Å². The lowest BCUT2D eigenvalue weighted by atomic mass is 10.1. The van der Waals surface area contributed by atoms with Gasteiger partial charge in [0.2, 0.25) is 0 Å². The first kappa shape index (κ1) is 18.1. The Bertz CT molecular complexity index is 1090. The summed E-state index contributed by atoms with van der Waals surface area (Å²) in [6.07, 6.45) is 0. The molecule has 27 heavy (non-hydrogen) atoms. The number of benzene rings is 2. The number of aromatic nitrogens is 2. The molecule has 4 aromatic rings. The summed E-state index contributed by atoms with van der Waals surface area (Å²) in [6, 6.07) is 18.9. The Balaban J connectivity index is 1.69. The lowest BCUT2D eigenvalue weighted by Gasteiger charge is -2.05. The highest BCUT2D eigenvalue weighted by atomic mass is 32.1. The average molecular weight is 395 g/mol. The van der Waals surface area contributed by atoms with Gasteiger partial charge in [0, 0.05) is 20.9 Å². The summed E-state index contributed by atoms with van der Waals surface area (Å²) < 4.78 is 1.22. The van der Waals surface area contributed by atoms with Crippen molar-refractivity contribution in [3.8, 4) is 20.9 Å². The Morgan fingerprint density at radius 1 is 0.926 bits per heavy atom. The van der Waals surface area contributed by atoms with Gasteiger partial charge in [-0.1, -0.05) is 44.2 Å². The molecule has 2 aromatic carbocycles. The first-order valence-electron chi connectivity index (χ1n) is 9.04. The third-order valence-electron chi connectivity index (χ3n) is 4.74. The molecule has 1 unspecified atom stereocenters. The Labute approximate surface area is 168 Å². The fourth-order valence-corrected chi connectivity index (χ4v) is 4.36. The van der Waals surface area contributed by atoms with Crippen LogP contribution in [0.4, 0.5) is 0 Å². The number of imidazole rings is 1. The van der Waals surface area contributed by atoms with Crippen molar-refractivity contribution in [2.75, 3.05) is 0 Å². The van der Waals surface area contributed by atoms with Crippen LogP contribution in [0.3, 0.4) is 0 Å². The van der Waals surface area contributed by atoms with Gasteiger partial charge in [0.1, 0.15) is 11.3 Å². The molecule has 0 spiro atoms. The van der Waals surface area contributed by atoms with Crippen LogP contribution in [0.2, 0.25) is 0 Å². The van der Waals surface area contributed by atoms with Crippen LogP contribution in [-0.2, 0) is 0 Å². The maximum Gasteiger partial charge on any atom is 0.148 e. The number of nitrogens with zero attached hydrogens (tertiary/aromatic N) is 2. The van der Waals surface area contributed by atoms with Gasteiger partial charge in [0.25, 0.3) is 0 Å². The summed E-state index contributed by atoms with van der Waals surface area (Å²) in [5, 5.41) is 10.7. The van der Waals surface area contributed by atoms with Crippen molar-refractivity contribution in [2.45, 2.75) is 31.9 Å². The molecule has 0 saturated heterocycles. The van der Waals surface area contributed by atoms with Gasteiger partial charge < -0.3 is 5.21 Å². The van der Waals surface area contributed by atoms with Crippen LogP contribution in [0, 0.1) is 0 Å². The molecule has 0 bridgehead atoms. The molecule has 3 nitrogen and oxygen atoms in total. The quantitative estimate of drug-likeness (QED) is 0.296. The van der Waals surface area contributed by atoms with Crippen LogP contribution >= 0.6 is 24.0 Å². The zero-order chi connectivity index (χ0) is 19.1. The Morgan fingerprint density at radius 3 is 2.19 bits per heavy atom. The monoisotopic (exact) mass is 394 g/mol. The fraction of sp³-hybridized carbons (Fsp3) is 0.227. The number of rotatable bonds is 4. The number of hydrogen-bond donors (Lipinski definition) is 2. The highest BCUT2D eigenvalue weighted by Crippen LogP contribution is 2.36. The van der Waals surface area contributed by atoms with Crippen LogP contribution in [0.15, 0.2) is 54.6 Å². The van der Waals surface area contributed by atoms with Crippen LogP contribution in [0.1, 0.15) is 43.3 Å². The molecule has 0 radical (unpaired) electrons. The largest absolute Gasteiger partial charge is 0.427 e. The van der Waals surface area contributed by atoms with Gasteiger partial charge in [-0.25, -0.2) is 4.98 Å². The zero-order valence-electron chi connectivity index (χ0n) is 15.5. The molecule has 1 N–H and O–H groups in total. The standard InChI is InChI=1S/C22H22N2OS2/c1-13(2)22-23-18-9-8-17(12-19(18)24(22)25)21-11-10-20(27-21)16-6-4-15(5-7-16)14(3)26/h4-14,25-26H,1-3H3. The molecule has 0 amide bonds. The predicted octanol–water partition coefficient (Wildman–Crippen LogP) is 6.78. The zero-order valence-corrected chi connectivity index (χ0v) is 17.3. The van der Waals surface area contributed by atoms with Crippen molar-refractivity contribution in [1.29, 1.82) is 0 Å². The van der Waals surface area contributed by atoms with Gasteiger partial charge in [-0.3, -0.25) is 0 Å². The highest BCUT2D eigenvalue weighted by molar-refractivity contribution is 7.80. The predicted molar refractivity (Wildman–Crippen MR) is 117 cm³/mol. The molecule has 138 valence electrons. The molecular weight excluding hydrogens is 372 g/mol. The number of thiol groups is 1. The van der Waals surface area contributed by atoms with Crippen molar-refractivity contribution < 1.29 is 5.21 Å². The van der Waals surface area contributed by atoms with E-state index in [2.05, 4.69) is 67.0 Å². The van der Waals surface area contributed by atoms with E-state index in [1.54, 1.807) is 11.3 Å². The second-order valence-corrected chi connectivity index (χ2v) is 8.96. The minimum absolute atomic E-state index is 0.169. The summed E-state index contributed by atoms with van der Waals surface area (Å²) in [4.78, 5) is 6.93. The van der Waals surface area contributed by atoms with E-state index in [1.165, 1.54) is 25.6 Å². The lowest BCUT2D eigenvalue weighted by Crippen LogP contribution is -2.00. The molecule has 5 heteroatoms. The Morgan fingerprint density at radius 2 is 1.56 bits per heavy atom. The summed E-state index contributed by atoms with van der Waals surface area (Å²) in [5.41, 5.74) is 5.09. The van der Waals surface area contributed by atoms with Crippen molar-refractivity contribution in [2.24, 2.45) is 0 Å². The summed E-state index contributed by atoms with van der Waals surface area (Å²) in [6.45, 7) is 6.13. The van der Waals surface area contributed by atoms with Gasteiger partial charge in [0.15, 0.2) is 0 Å². The maximum atomic E-state index is 10.4. The molecule has 0 aliphatic heterocycles. The Kier molecular flexibility index (Phi) is 4.74. The van der Waals surface area contributed by atoms with Gasteiger partial charge in [0.05, 0.1) is 5.52 Å². The molecule has 2 aromatic heterocycles. The van der Waals surface area contributed by atoms with E-state index < -0.39 is 0 Å². The first-order chi connectivity index (χ1) is 12.9. The van der Waals surface area contributed by atoms with E-state index in [-0.39, 0.29) is 11.2 Å². The Hall–Kier alpha value is -2.24. The molecule has 4 rings (SSSR count). The second-order valence-electron chi connectivity index (χ2n) is 7.10. The number of hydrogen-bond acceptors (Lipinski definition) is 4. The normalized spacial score (nSPS) is 12.8. The molecule has 0 aliphatic carbocycles. The van der Waals surface area contributed by atoms with Crippen molar-refractivity contribution in [1.82, 2.24) is 9.71 Å². The van der Waals surface area contributed by atoms with Crippen LogP contribution in [-0.4, -0.2) is 14.9 Å². The van der Waals surface area contributed by atoms with Crippen molar-refractivity contribution >= 4 is 35.0 Å². The number of thiophene rings is 1. The molecule has 1 atom stereocenters. The third-order valence-corrected chi connectivity index (χ3v) is 6.22. The second kappa shape index (κ2) is 7.06. The van der Waals surface area contributed by atoms with E-state index in [0.29, 0.717) is 5.82 Å². The van der Waals surface area contributed by atoms with E-state index >= 15 is 0 Å². The van der Waals surface area contributed by atoms with Gasteiger partial charge in [-0.15, -0.1) is 11.3 Å². The maximum absolute atomic E-state index is 10.4. The molecule has 0 aliphatic rings. The number of fused-ring (bicyclic) bond motifs is 1. The SMILES string of the molecule is CC(C)c1nc2ccc(-c3ccc(-c4ccc(C(C)S)cc4)s3)cc2n1O. The van der Waals surface area contributed by atoms with Crippen LogP contribution in [0.25, 0.3) is 31.9 Å². The van der Waals surface area contributed by atoms with Crippen molar-refractivity contribution in [3.63, 3.8) is 0 Å². The van der Waals surface area contributed by atoms with Gasteiger partial charge in [-0.2, -0.15) is 17.4 Å². The lowest BCUT2D eigenvalue weighted by molar-refractivity contribution is 0.185. The fourth-order valence-electron chi connectivity index (χ4n) is 3.18. The summed E-state index contributed by atoms with van der Waals surface area (Å²) in [7, 11) is 0. The first-order valence-corrected chi connectivity index (χ1v) is 10.4. The van der Waals surface area contributed by atoms with Gasteiger partial charge in [-0.05, 0) is 47.9 Å². The highest BCUT2D eigenvalue weighted by Gasteiger charge is 2.14. The average Bonchev–Trinajstić information content (AvgIpc) is 3.27.